The van der Waals surface area contributed by atoms with Crippen molar-refractivity contribution in [3.63, 3.8) is 0 Å². The summed E-state index contributed by atoms with van der Waals surface area (Å²) in [6, 6.07) is 13.7. The first-order chi connectivity index (χ1) is 13.5. The van der Waals surface area contributed by atoms with Crippen LogP contribution >= 0.6 is 0 Å². The number of carbonyl (C=O) groups excluding carboxylic acids is 3. The van der Waals surface area contributed by atoms with Gasteiger partial charge in [0.15, 0.2) is 0 Å². The minimum Gasteiger partial charge on any atom is -0.497 e. The van der Waals surface area contributed by atoms with Gasteiger partial charge in [0.2, 0.25) is 11.8 Å². The Labute approximate surface area is 164 Å². The first kappa shape index (κ1) is 21.0. The Morgan fingerprint density at radius 3 is 2.50 bits per heavy atom. The SMILES string of the molecule is CCOC(=O)c1ccccc1NC(=O)CCN(C(C)=O)c1cccc(OC)c1. The Hall–Kier alpha value is -3.35. The number of carbonyl (C=O) groups is 3. The van der Waals surface area contributed by atoms with Gasteiger partial charge in [0, 0.05) is 31.6 Å². The van der Waals surface area contributed by atoms with Crippen LogP contribution in [-0.2, 0) is 14.3 Å². The van der Waals surface area contributed by atoms with Crippen molar-refractivity contribution in [2.75, 3.05) is 30.5 Å². The largest absolute Gasteiger partial charge is 0.497 e. The fourth-order valence-corrected chi connectivity index (χ4v) is 2.65. The number of anilines is 2. The third-order valence-electron chi connectivity index (χ3n) is 4.00. The normalized spacial score (nSPS) is 10.1. The molecule has 0 saturated carbocycles. The van der Waals surface area contributed by atoms with Crippen molar-refractivity contribution in [2.45, 2.75) is 20.3 Å². The molecule has 28 heavy (non-hydrogen) atoms. The predicted octanol–water partition coefficient (Wildman–Crippen LogP) is 3.25. The van der Waals surface area contributed by atoms with Crippen LogP contribution in [0.25, 0.3) is 0 Å². The minimum atomic E-state index is -0.500. The number of methoxy groups -OCH3 is 1. The lowest BCUT2D eigenvalue weighted by molar-refractivity contribution is -0.117. The van der Waals surface area contributed by atoms with Gasteiger partial charge in [-0.25, -0.2) is 4.79 Å². The fourth-order valence-electron chi connectivity index (χ4n) is 2.65. The number of esters is 1. The van der Waals surface area contributed by atoms with Crippen molar-refractivity contribution in [3.8, 4) is 5.75 Å². The molecule has 2 amide bonds. The first-order valence-corrected chi connectivity index (χ1v) is 8.94. The molecule has 7 nitrogen and oxygen atoms in total. The first-order valence-electron chi connectivity index (χ1n) is 8.94. The van der Waals surface area contributed by atoms with E-state index in [-0.39, 0.29) is 37.0 Å². The molecular formula is C21H24N2O5. The molecule has 0 aliphatic rings. The summed E-state index contributed by atoms with van der Waals surface area (Å²) in [6.45, 7) is 3.59. The van der Waals surface area contributed by atoms with Gasteiger partial charge in [-0.3, -0.25) is 9.59 Å². The second-order valence-corrected chi connectivity index (χ2v) is 5.94. The quantitative estimate of drug-likeness (QED) is 0.706. The lowest BCUT2D eigenvalue weighted by atomic mass is 10.1. The van der Waals surface area contributed by atoms with Gasteiger partial charge in [0.1, 0.15) is 5.75 Å². The lowest BCUT2D eigenvalue weighted by Gasteiger charge is -2.21. The summed E-state index contributed by atoms with van der Waals surface area (Å²) >= 11 is 0. The number of amides is 2. The van der Waals surface area contributed by atoms with E-state index in [1.54, 1.807) is 62.6 Å². The maximum Gasteiger partial charge on any atom is 0.340 e. The summed E-state index contributed by atoms with van der Waals surface area (Å²) in [4.78, 5) is 37.9. The van der Waals surface area contributed by atoms with Gasteiger partial charge in [-0.1, -0.05) is 18.2 Å². The highest BCUT2D eigenvalue weighted by Crippen LogP contribution is 2.22. The molecule has 0 aliphatic heterocycles. The summed E-state index contributed by atoms with van der Waals surface area (Å²) in [6.07, 6.45) is 0.0634. The molecule has 2 rings (SSSR count). The third kappa shape index (κ3) is 5.57. The average molecular weight is 384 g/mol. The van der Waals surface area contributed by atoms with Gasteiger partial charge in [-0.2, -0.15) is 0 Å². The van der Waals surface area contributed by atoms with Crippen LogP contribution < -0.4 is 15.0 Å². The number of rotatable bonds is 8. The number of hydrogen-bond acceptors (Lipinski definition) is 5. The van der Waals surface area contributed by atoms with Crippen molar-refractivity contribution < 1.29 is 23.9 Å². The van der Waals surface area contributed by atoms with E-state index in [9.17, 15) is 14.4 Å². The van der Waals surface area contributed by atoms with Crippen LogP contribution in [0.5, 0.6) is 5.75 Å². The Bertz CT molecular complexity index is 850. The molecule has 0 aromatic heterocycles. The summed E-state index contributed by atoms with van der Waals surface area (Å²) in [5.74, 6) is -0.379. The van der Waals surface area contributed by atoms with Crippen LogP contribution in [0.1, 0.15) is 30.6 Å². The Morgan fingerprint density at radius 1 is 1.07 bits per heavy atom. The molecule has 0 heterocycles. The molecule has 1 N–H and O–H groups in total. The van der Waals surface area contributed by atoms with Crippen LogP contribution in [-0.4, -0.2) is 38.0 Å². The van der Waals surface area contributed by atoms with Crippen molar-refractivity contribution >= 4 is 29.2 Å². The van der Waals surface area contributed by atoms with E-state index < -0.39 is 5.97 Å². The molecule has 0 saturated heterocycles. The fraction of sp³-hybridized carbons (Fsp3) is 0.286. The molecule has 0 atom stereocenters. The highest BCUT2D eigenvalue weighted by atomic mass is 16.5. The zero-order valence-corrected chi connectivity index (χ0v) is 16.2. The third-order valence-corrected chi connectivity index (χ3v) is 4.00. The monoisotopic (exact) mass is 384 g/mol. The van der Waals surface area contributed by atoms with Crippen LogP contribution in [0.4, 0.5) is 11.4 Å². The molecule has 148 valence electrons. The second-order valence-electron chi connectivity index (χ2n) is 5.94. The number of para-hydroxylation sites is 1. The molecule has 0 aliphatic carbocycles. The van der Waals surface area contributed by atoms with E-state index in [1.807, 2.05) is 0 Å². The summed E-state index contributed by atoms with van der Waals surface area (Å²) in [5.41, 5.74) is 1.31. The molecule has 0 radical (unpaired) electrons. The molecular weight excluding hydrogens is 360 g/mol. The standard InChI is InChI=1S/C21H24N2O5/c1-4-28-21(26)18-10-5-6-11-19(18)22-20(25)12-13-23(15(2)24)16-8-7-9-17(14-16)27-3/h5-11,14H,4,12-13H2,1-3H3,(H,22,25). The number of hydrogen-bond donors (Lipinski definition) is 1. The van der Waals surface area contributed by atoms with Gasteiger partial charge in [-0.15, -0.1) is 0 Å². The van der Waals surface area contributed by atoms with Gasteiger partial charge < -0.3 is 19.7 Å². The van der Waals surface area contributed by atoms with Crippen LogP contribution in [0.15, 0.2) is 48.5 Å². The van der Waals surface area contributed by atoms with E-state index >= 15 is 0 Å². The van der Waals surface area contributed by atoms with Gasteiger partial charge >= 0.3 is 5.97 Å². The molecule has 2 aromatic rings. The van der Waals surface area contributed by atoms with Gasteiger partial charge in [0.05, 0.1) is 25.0 Å². The molecule has 2 aromatic carbocycles. The van der Waals surface area contributed by atoms with Gasteiger partial charge in [0.25, 0.3) is 0 Å². The summed E-state index contributed by atoms with van der Waals surface area (Å²) in [5, 5.41) is 2.72. The summed E-state index contributed by atoms with van der Waals surface area (Å²) < 4.78 is 10.2. The van der Waals surface area contributed by atoms with E-state index in [0.717, 1.165) is 0 Å². The van der Waals surface area contributed by atoms with Crippen LogP contribution in [0.3, 0.4) is 0 Å². The van der Waals surface area contributed by atoms with Crippen LogP contribution in [0, 0.1) is 0 Å². The maximum atomic E-state index is 12.4. The minimum absolute atomic E-state index is 0.0634. The number of benzene rings is 2. The second kappa shape index (κ2) is 10.1. The highest BCUT2D eigenvalue weighted by Gasteiger charge is 2.17. The molecule has 0 unspecified atom stereocenters. The van der Waals surface area contributed by atoms with E-state index in [1.165, 1.54) is 11.8 Å². The van der Waals surface area contributed by atoms with Crippen molar-refractivity contribution in [1.29, 1.82) is 0 Å². The zero-order chi connectivity index (χ0) is 20.5. The lowest BCUT2D eigenvalue weighted by Crippen LogP contribution is -2.32. The van der Waals surface area contributed by atoms with Crippen molar-refractivity contribution in [1.82, 2.24) is 0 Å². The highest BCUT2D eigenvalue weighted by molar-refractivity contribution is 6.01. The van der Waals surface area contributed by atoms with Gasteiger partial charge in [-0.05, 0) is 31.2 Å². The predicted molar refractivity (Wildman–Crippen MR) is 107 cm³/mol. The number of nitrogens with one attached hydrogen (secondary N) is 1. The van der Waals surface area contributed by atoms with Crippen LogP contribution in [0.2, 0.25) is 0 Å². The summed E-state index contributed by atoms with van der Waals surface area (Å²) in [7, 11) is 1.55. The molecule has 0 fully saturated rings. The number of ether oxygens (including phenoxy) is 2. The van der Waals surface area contributed by atoms with E-state index in [2.05, 4.69) is 5.32 Å². The van der Waals surface area contributed by atoms with Crippen molar-refractivity contribution in [2.24, 2.45) is 0 Å². The Morgan fingerprint density at radius 2 is 1.82 bits per heavy atom. The number of nitrogens with zero attached hydrogens (tertiary/aromatic N) is 1. The molecule has 0 spiro atoms. The topological polar surface area (TPSA) is 84.9 Å². The Balaban J connectivity index is 2.06. The average Bonchev–Trinajstić information content (AvgIpc) is 2.68. The smallest absolute Gasteiger partial charge is 0.340 e. The van der Waals surface area contributed by atoms with E-state index in [0.29, 0.717) is 17.1 Å². The zero-order valence-electron chi connectivity index (χ0n) is 16.2. The maximum absolute atomic E-state index is 12.4. The van der Waals surface area contributed by atoms with E-state index in [4.69, 9.17) is 9.47 Å². The Kier molecular flexibility index (Phi) is 7.56. The van der Waals surface area contributed by atoms with Crippen molar-refractivity contribution in [3.05, 3.63) is 54.1 Å². The molecule has 0 bridgehead atoms. The molecule has 7 heteroatoms.